The zero-order valence-electron chi connectivity index (χ0n) is 11.5. The van der Waals surface area contributed by atoms with Gasteiger partial charge >= 0.3 is 0 Å². The fraction of sp³-hybridized carbons (Fsp3) is 0.250. The van der Waals surface area contributed by atoms with E-state index in [-0.39, 0.29) is 11.6 Å². The van der Waals surface area contributed by atoms with Crippen LogP contribution in [0.4, 0.5) is 8.78 Å². The SMILES string of the molecule is Cc1cc(F)cc(C(O)C(CN)c2ccc(F)cc2Cl)c1. The molecule has 21 heavy (non-hydrogen) atoms. The van der Waals surface area contributed by atoms with Crippen molar-refractivity contribution < 1.29 is 13.9 Å². The third-order valence-electron chi connectivity index (χ3n) is 3.40. The summed E-state index contributed by atoms with van der Waals surface area (Å²) in [5.41, 5.74) is 7.38. The number of aliphatic hydroxyl groups excluding tert-OH is 1. The molecule has 3 N–H and O–H groups in total. The zero-order chi connectivity index (χ0) is 15.6. The van der Waals surface area contributed by atoms with E-state index in [0.29, 0.717) is 16.7 Å². The number of nitrogens with two attached hydrogens (primary N) is 1. The van der Waals surface area contributed by atoms with Gasteiger partial charge in [0.2, 0.25) is 0 Å². The molecular formula is C16H16ClF2NO. The molecule has 0 amide bonds. The Hall–Kier alpha value is -1.49. The molecule has 2 atom stereocenters. The summed E-state index contributed by atoms with van der Waals surface area (Å²) in [6.07, 6.45) is -1.02. The fourth-order valence-corrected chi connectivity index (χ4v) is 2.70. The largest absolute Gasteiger partial charge is 0.388 e. The van der Waals surface area contributed by atoms with Crippen molar-refractivity contribution in [3.8, 4) is 0 Å². The molecule has 0 aromatic heterocycles. The molecular weight excluding hydrogens is 296 g/mol. The fourth-order valence-electron chi connectivity index (χ4n) is 2.40. The van der Waals surface area contributed by atoms with Crippen molar-refractivity contribution in [2.45, 2.75) is 18.9 Å². The van der Waals surface area contributed by atoms with Crippen molar-refractivity contribution in [3.63, 3.8) is 0 Å². The van der Waals surface area contributed by atoms with Crippen LogP contribution in [-0.4, -0.2) is 11.7 Å². The van der Waals surface area contributed by atoms with Crippen LogP contribution in [0.15, 0.2) is 36.4 Å². The Labute approximate surface area is 127 Å². The van der Waals surface area contributed by atoms with Crippen molar-refractivity contribution in [2.24, 2.45) is 5.73 Å². The van der Waals surface area contributed by atoms with E-state index in [0.717, 1.165) is 0 Å². The lowest BCUT2D eigenvalue weighted by molar-refractivity contribution is 0.147. The van der Waals surface area contributed by atoms with E-state index in [1.807, 2.05) is 0 Å². The maximum Gasteiger partial charge on any atom is 0.124 e. The quantitative estimate of drug-likeness (QED) is 0.904. The minimum absolute atomic E-state index is 0.0993. The van der Waals surface area contributed by atoms with Crippen molar-refractivity contribution in [1.29, 1.82) is 0 Å². The summed E-state index contributed by atoms with van der Waals surface area (Å²) < 4.78 is 26.6. The van der Waals surface area contributed by atoms with Crippen LogP contribution in [0.25, 0.3) is 0 Å². The Morgan fingerprint density at radius 3 is 2.43 bits per heavy atom. The molecule has 5 heteroatoms. The first kappa shape index (κ1) is 15.9. The predicted octanol–water partition coefficient (Wildman–Crippen LogP) is 3.70. The number of hydrogen-bond acceptors (Lipinski definition) is 2. The molecule has 0 aliphatic rings. The van der Waals surface area contributed by atoms with Crippen LogP contribution < -0.4 is 5.73 Å². The third kappa shape index (κ3) is 3.59. The highest BCUT2D eigenvalue weighted by molar-refractivity contribution is 6.31. The van der Waals surface area contributed by atoms with Gasteiger partial charge in [-0.15, -0.1) is 0 Å². The highest BCUT2D eigenvalue weighted by atomic mass is 35.5. The number of aliphatic hydroxyl groups is 1. The smallest absolute Gasteiger partial charge is 0.124 e. The van der Waals surface area contributed by atoms with Crippen LogP contribution in [0.5, 0.6) is 0 Å². The second-order valence-electron chi connectivity index (χ2n) is 5.01. The van der Waals surface area contributed by atoms with Gasteiger partial charge in [0.1, 0.15) is 11.6 Å². The van der Waals surface area contributed by atoms with Gasteiger partial charge in [-0.05, 0) is 47.9 Å². The molecule has 2 rings (SSSR count). The van der Waals surface area contributed by atoms with Crippen LogP contribution in [-0.2, 0) is 0 Å². The number of aryl methyl sites for hydroxylation is 1. The normalized spacial score (nSPS) is 14.0. The first-order valence-corrected chi connectivity index (χ1v) is 6.90. The Kier molecular flexibility index (Phi) is 4.93. The maximum absolute atomic E-state index is 13.5. The lowest BCUT2D eigenvalue weighted by Gasteiger charge is -2.23. The Bertz CT molecular complexity index is 628. The highest BCUT2D eigenvalue weighted by Crippen LogP contribution is 2.35. The number of benzene rings is 2. The van der Waals surface area contributed by atoms with Crippen LogP contribution in [0.1, 0.15) is 28.7 Å². The molecule has 0 aliphatic heterocycles. The van der Waals surface area contributed by atoms with E-state index in [1.54, 1.807) is 13.0 Å². The molecule has 0 aliphatic carbocycles. The average molecular weight is 312 g/mol. The Balaban J connectivity index is 2.40. The third-order valence-corrected chi connectivity index (χ3v) is 3.73. The summed E-state index contributed by atoms with van der Waals surface area (Å²) in [5.74, 6) is -1.43. The summed E-state index contributed by atoms with van der Waals surface area (Å²) in [6, 6.07) is 8.24. The summed E-state index contributed by atoms with van der Waals surface area (Å²) >= 11 is 6.02. The van der Waals surface area contributed by atoms with Gasteiger partial charge in [-0.2, -0.15) is 0 Å². The summed E-state index contributed by atoms with van der Waals surface area (Å²) in [6.45, 7) is 1.84. The van der Waals surface area contributed by atoms with Crippen LogP contribution >= 0.6 is 11.6 Å². The van der Waals surface area contributed by atoms with Gasteiger partial charge < -0.3 is 10.8 Å². The minimum Gasteiger partial charge on any atom is -0.388 e. The molecule has 0 spiro atoms. The first-order chi connectivity index (χ1) is 9.92. The summed E-state index contributed by atoms with van der Waals surface area (Å²) in [7, 11) is 0. The average Bonchev–Trinajstić information content (AvgIpc) is 2.40. The number of halogens is 3. The summed E-state index contributed by atoms with van der Waals surface area (Å²) in [4.78, 5) is 0. The van der Waals surface area contributed by atoms with E-state index in [2.05, 4.69) is 0 Å². The van der Waals surface area contributed by atoms with Gasteiger partial charge in [-0.25, -0.2) is 8.78 Å². The molecule has 2 unspecified atom stereocenters. The van der Waals surface area contributed by atoms with E-state index in [9.17, 15) is 13.9 Å². The molecule has 2 aromatic carbocycles. The molecule has 2 nitrogen and oxygen atoms in total. The molecule has 0 saturated heterocycles. The van der Waals surface area contributed by atoms with E-state index < -0.39 is 23.7 Å². The topological polar surface area (TPSA) is 46.2 Å². The van der Waals surface area contributed by atoms with Crippen LogP contribution in [0, 0.1) is 18.6 Å². The zero-order valence-corrected chi connectivity index (χ0v) is 12.2. The van der Waals surface area contributed by atoms with Gasteiger partial charge in [0.25, 0.3) is 0 Å². The van der Waals surface area contributed by atoms with Crippen LogP contribution in [0.3, 0.4) is 0 Å². The molecule has 0 heterocycles. The maximum atomic E-state index is 13.5. The molecule has 0 fully saturated rings. The highest BCUT2D eigenvalue weighted by Gasteiger charge is 2.24. The van der Waals surface area contributed by atoms with Gasteiger partial charge in [0.05, 0.1) is 6.10 Å². The van der Waals surface area contributed by atoms with Crippen molar-refractivity contribution in [3.05, 3.63) is 69.7 Å². The first-order valence-electron chi connectivity index (χ1n) is 6.52. The lowest BCUT2D eigenvalue weighted by Crippen LogP contribution is -2.21. The predicted molar refractivity (Wildman–Crippen MR) is 79.3 cm³/mol. The molecule has 0 radical (unpaired) electrons. The van der Waals surface area contributed by atoms with Gasteiger partial charge in [-0.3, -0.25) is 0 Å². The molecule has 112 valence electrons. The molecule has 0 saturated carbocycles. The van der Waals surface area contributed by atoms with Crippen molar-refractivity contribution >= 4 is 11.6 Å². The standard InChI is InChI=1S/C16H16ClF2NO/c1-9-4-10(6-12(19)5-9)16(21)14(8-20)13-3-2-11(18)7-15(13)17/h2-7,14,16,21H,8,20H2,1H3. The van der Waals surface area contributed by atoms with Gasteiger partial charge in [0, 0.05) is 17.5 Å². The lowest BCUT2D eigenvalue weighted by atomic mass is 9.88. The second kappa shape index (κ2) is 6.52. The number of rotatable bonds is 4. The molecule has 0 bridgehead atoms. The van der Waals surface area contributed by atoms with Crippen LogP contribution in [0.2, 0.25) is 5.02 Å². The second-order valence-corrected chi connectivity index (χ2v) is 5.42. The van der Waals surface area contributed by atoms with Crippen molar-refractivity contribution in [1.82, 2.24) is 0 Å². The van der Waals surface area contributed by atoms with Crippen molar-refractivity contribution in [2.75, 3.05) is 6.54 Å². The number of hydrogen-bond donors (Lipinski definition) is 2. The van der Waals surface area contributed by atoms with E-state index >= 15 is 0 Å². The Morgan fingerprint density at radius 1 is 1.14 bits per heavy atom. The Morgan fingerprint density at radius 2 is 1.86 bits per heavy atom. The molecule has 2 aromatic rings. The van der Waals surface area contributed by atoms with Gasteiger partial charge in [-0.1, -0.05) is 23.7 Å². The summed E-state index contributed by atoms with van der Waals surface area (Å²) in [5, 5.41) is 10.7. The van der Waals surface area contributed by atoms with E-state index in [1.165, 1.54) is 30.3 Å². The monoisotopic (exact) mass is 311 g/mol. The van der Waals surface area contributed by atoms with Gasteiger partial charge in [0.15, 0.2) is 0 Å². The van der Waals surface area contributed by atoms with E-state index in [4.69, 9.17) is 17.3 Å². The minimum atomic E-state index is -1.02.